The lowest BCUT2D eigenvalue weighted by molar-refractivity contribution is -0.143. The molecule has 1 aromatic rings. The van der Waals surface area contributed by atoms with Gasteiger partial charge >= 0.3 is 5.97 Å². The van der Waals surface area contributed by atoms with Crippen molar-refractivity contribution in [2.24, 2.45) is 0 Å². The molecule has 0 atom stereocenters. The van der Waals surface area contributed by atoms with E-state index in [1.807, 2.05) is 0 Å². The third-order valence-corrected chi connectivity index (χ3v) is 2.48. The molecule has 0 fully saturated rings. The number of esters is 1. The van der Waals surface area contributed by atoms with Crippen LogP contribution < -0.4 is 4.74 Å². The second kappa shape index (κ2) is 5.44. The second-order valence-corrected chi connectivity index (χ2v) is 4.31. The molecule has 0 spiro atoms. The van der Waals surface area contributed by atoms with Gasteiger partial charge in [0.25, 0.3) is 5.92 Å². The van der Waals surface area contributed by atoms with Gasteiger partial charge in [-0.05, 0) is 18.2 Å². The lowest BCUT2D eigenvalue weighted by Gasteiger charge is -2.16. The molecule has 1 aromatic carbocycles. The van der Waals surface area contributed by atoms with Gasteiger partial charge in [-0.2, -0.15) is 0 Å². The molecule has 0 N–H and O–H groups in total. The van der Waals surface area contributed by atoms with Crippen LogP contribution in [0, 0.1) is 0 Å². The van der Waals surface area contributed by atoms with Gasteiger partial charge in [0.1, 0.15) is 5.75 Å². The first-order valence-corrected chi connectivity index (χ1v) is 5.51. The Kier molecular flexibility index (Phi) is 4.45. The molecule has 0 aromatic heterocycles. The van der Waals surface area contributed by atoms with Gasteiger partial charge in [-0.3, -0.25) is 0 Å². The zero-order valence-electron chi connectivity index (χ0n) is 9.30. The molecule has 0 unspecified atom stereocenters. The Bertz CT molecular complexity index is 416. The van der Waals surface area contributed by atoms with Crippen molar-refractivity contribution in [3.63, 3.8) is 0 Å². The van der Waals surface area contributed by atoms with E-state index in [1.54, 1.807) is 6.07 Å². The van der Waals surface area contributed by atoms with Crippen LogP contribution in [0.5, 0.6) is 5.75 Å². The van der Waals surface area contributed by atoms with Gasteiger partial charge in [0.15, 0.2) is 6.61 Å². The number of carbonyl (C=O) groups is 1. The fraction of sp³-hybridized carbons (Fsp3) is 0.364. The SMILES string of the molecule is COC(=O)COc1ccc(Br)cc1C(C)(F)F. The van der Waals surface area contributed by atoms with E-state index in [4.69, 9.17) is 4.74 Å². The molecule has 3 nitrogen and oxygen atoms in total. The Morgan fingerprint density at radius 1 is 1.47 bits per heavy atom. The molecular formula is C11H11BrF2O3. The van der Waals surface area contributed by atoms with Crippen LogP contribution in [0.1, 0.15) is 12.5 Å². The van der Waals surface area contributed by atoms with Crippen LogP contribution in [0.15, 0.2) is 22.7 Å². The molecule has 0 radical (unpaired) electrons. The summed E-state index contributed by atoms with van der Waals surface area (Å²) in [6.07, 6.45) is 0. The minimum absolute atomic E-state index is 0.0360. The predicted molar refractivity (Wildman–Crippen MR) is 61.2 cm³/mol. The summed E-state index contributed by atoms with van der Waals surface area (Å²) in [7, 11) is 1.20. The highest BCUT2D eigenvalue weighted by atomic mass is 79.9. The number of hydrogen-bond acceptors (Lipinski definition) is 3. The summed E-state index contributed by atoms with van der Waals surface area (Å²) >= 11 is 3.10. The average molecular weight is 309 g/mol. The first-order chi connectivity index (χ1) is 7.84. The van der Waals surface area contributed by atoms with Crippen LogP contribution in [0.3, 0.4) is 0 Å². The van der Waals surface area contributed by atoms with E-state index in [2.05, 4.69) is 20.7 Å². The second-order valence-electron chi connectivity index (χ2n) is 3.39. The molecular weight excluding hydrogens is 298 g/mol. The van der Waals surface area contributed by atoms with Gasteiger partial charge in [0, 0.05) is 11.4 Å². The van der Waals surface area contributed by atoms with E-state index < -0.39 is 18.5 Å². The summed E-state index contributed by atoms with van der Waals surface area (Å²) in [6.45, 7) is 0.362. The Morgan fingerprint density at radius 3 is 2.65 bits per heavy atom. The first kappa shape index (κ1) is 13.9. The Balaban J connectivity index is 2.95. The number of rotatable bonds is 4. The van der Waals surface area contributed by atoms with Gasteiger partial charge in [-0.25, -0.2) is 13.6 Å². The molecule has 0 saturated heterocycles. The van der Waals surface area contributed by atoms with Crippen molar-refractivity contribution in [2.45, 2.75) is 12.8 Å². The minimum Gasteiger partial charge on any atom is -0.481 e. The summed E-state index contributed by atoms with van der Waals surface area (Å²) in [6, 6.07) is 4.19. The highest BCUT2D eigenvalue weighted by Gasteiger charge is 2.29. The van der Waals surface area contributed by atoms with Crippen molar-refractivity contribution in [1.29, 1.82) is 0 Å². The fourth-order valence-corrected chi connectivity index (χ4v) is 1.53. The highest BCUT2D eigenvalue weighted by Crippen LogP contribution is 2.36. The smallest absolute Gasteiger partial charge is 0.343 e. The summed E-state index contributed by atoms with van der Waals surface area (Å²) in [5.74, 6) is -3.71. The summed E-state index contributed by atoms with van der Waals surface area (Å²) in [4.78, 5) is 10.9. The number of halogens is 3. The number of carbonyl (C=O) groups excluding carboxylic acids is 1. The molecule has 0 amide bonds. The molecule has 1 rings (SSSR count). The van der Waals surface area contributed by atoms with E-state index in [0.717, 1.165) is 6.92 Å². The summed E-state index contributed by atoms with van der Waals surface area (Å²) in [5, 5.41) is 0. The molecule has 17 heavy (non-hydrogen) atoms. The Hall–Kier alpha value is -1.17. The zero-order chi connectivity index (χ0) is 13.1. The van der Waals surface area contributed by atoms with Crippen LogP contribution >= 0.6 is 15.9 Å². The molecule has 0 aliphatic rings. The van der Waals surface area contributed by atoms with Gasteiger partial charge in [0.05, 0.1) is 12.7 Å². The standard InChI is InChI=1S/C11H11BrF2O3/c1-11(13,14)8-5-7(12)3-4-9(8)17-6-10(15)16-2/h3-5H,6H2,1-2H3. The van der Waals surface area contributed by atoms with Crippen LogP contribution in [0.4, 0.5) is 8.78 Å². The number of methoxy groups -OCH3 is 1. The topological polar surface area (TPSA) is 35.5 Å². The number of alkyl halides is 2. The van der Waals surface area contributed by atoms with Crippen LogP contribution in [0.25, 0.3) is 0 Å². The third kappa shape index (κ3) is 3.96. The first-order valence-electron chi connectivity index (χ1n) is 4.72. The van der Waals surface area contributed by atoms with E-state index in [-0.39, 0.29) is 11.3 Å². The maximum Gasteiger partial charge on any atom is 0.343 e. The zero-order valence-corrected chi connectivity index (χ0v) is 10.9. The maximum absolute atomic E-state index is 13.3. The number of benzene rings is 1. The average Bonchev–Trinajstić information content (AvgIpc) is 2.25. The quantitative estimate of drug-likeness (QED) is 0.802. The predicted octanol–water partition coefficient (Wildman–Crippen LogP) is 3.11. The van der Waals surface area contributed by atoms with Crippen LogP contribution in [-0.2, 0) is 15.5 Å². The van der Waals surface area contributed by atoms with Crippen molar-refractivity contribution in [3.05, 3.63) is 28.2 Å². The lowest BCUT2D eigenvalue weighted by Crippen LogP contribution is -2.16. The molecule has 0 aliphatic heterocycles. The normalized spacial score (nSPS) is 11.1. The van der Waals surface area contributed by atoms with Crippen LogP contribution in [0.2, 0.25) is 0 Å². The number of hydrogen-bond donors (Lipinski definition) is 0. The van der Waals surface area contributed by atoms with Gasteiger partial charge in [0.2, 0.25) is 0 Å². The third-order valence-electron chi connectivity index (χ3n) is 1.99. The van der Waals surface area contributed by atoms with Gasteiger partial charge < -0.3 is 9.47 Å². The minimum atomic E-state index is -3.05. The van der Waals surface area contributed by atoms with Gasteiger partial charge in [-0.15, -0.1) is 0 Å². The van der Waals surface area contributed by atoms with E-state index in [1.165, 1.54) is 19.2 Å². The highest BCUT2D eigenvalue weighted by molar-refractivity contribution is 9.10. The largest absolute Gasteiger partial charge is 0.481 e. The Morgan fingerprint density at radius 2 is 2.12 bits per heavy atom. The van der Waals surface area contributed by atoms with E-state index in [0.29, 0.717) is 4.47 Å². The van der Waals surface area contributed by atoms with Gasteiger partial charge in [-0.1, -0.05) is 15.9 Å². The van der Waals surface area contributed by atoms with Crippen molar-refractivity contribution in [1.82, 2.24) is 0 Å². The Labute approximate surface area is 106 Å². The summed E-state index contributed by atoms with van der Waals surface area (Å²) < 4.78 is 36.4. The molecule has 6 heteroatoms. The van der Waals surface area contributed by atoms with Crippen molar-refractivity contribution in [3.8, 4) is 5.75 Å². The molecule has 94 valence electrons. The fourth-order valence-electron chi connectivity index (χ4n) is 1.17. The van der Waals surface area contributed by atoms with E-state index >= 15 is 0 Å². The molecule has 0 bridgehead atoms. The van der Waals surface area contributed by atoms with Crippen molar-refractivity contribution < 1.29 is 23.0 Å². The molecule has 0 heterocycles. The van der Waals surface area contributed by atoms with Crippen molar-refractivity contribution in [2.75, 3.05) is 13.7 Å². The van der Waals surface area contributed by atoms with E-state index in [9.17, 15) is 13.6 Å². The van der Waals surface area contributed by atoms with Crippen molar-refractivity contribution >= 4 is 21.9 Å². The lowest BCUT2D eigenvalue weighted by atomic mass is 10.1. The maximum atomic E-state index is 13.3. The summed E-state index contributed by atoms with van der Waals surface area (Å²) in [5.41, 5.74) is -0.282. The van der Waals surface area contributed by atoms with Crippen LogP contribution in [-0.4, -0.2) is 19.7 Å². The molecule has 0 aliphatic carbocycles. The number of ether oxygens (including phenoxy) is 2. The monoisotopic (exact) mass is 308 g/mol. The molecule has 0 saturated carbocycles.